The third-order valence-electron chi connectivity index (χ3n) is 3.21. The van der Waals surface area contributed by atoms with Crippen LogP contribution < -0.4 is 5.32 Å². The summed E-state index contributed by atoms with van der Waals surface area (Å²) in [6.07, 6.45) is 0. The monoisotopic (exact) mass is 343 g/mol. The van der Waals surface area contributed by atoms with E-state index in [4.69, 9.17) is 0 Å². The molecule has 0 fully saturated rings. The lowest BCUT2D eigenvalue weighted by molar-refractivity contribution is 0.499. The molecule has 0 heterocycles. The number of rotatable bonds is 3. The second-order valence-electron chi connectivity index (χ2n) is 4.49. The van der Waals surface area contributed by atoms with E-state index in [9.17, 15) is 13.2 Å². The van der Waals surface area contributed by atoms with Gasteiger partial charge in [0.1, 0.15) is 5.82 Å². The number of nitrogens with one attached hydrogen (secondary N) is 1. The van der Waals surface area contributed by atoms with Crippen LogP contribution in [0.25, 0.3) is 0 Å². The van der Waals surface area contributed by atoms with Gasteiger partial charge in [-0.25, -0.2) is 13.2 Å². The molecule has 0 aliphatic carbocycles. The quantitative estimate of drug-likeness (QED) is 0.810. The van der Waals surface area contributed by atoms with Crippen LogP contribution in [0.1, 0.15) is 22.7 Å². The predicted octanol–water partition coefficient (Wildman–Crippen LogP) is 4.48. The largest absolute Gasteiger partial charge is 0.309 e. The van der Waals surface area contributed by atoms with Crippen molar-refractivity contribution in [2.24, 2.45) is 0 Å². The van der Waals surface area contributed by atoms with Crippen molar-refractivity contribution in [1.82, 2.24) is 5.32 Å². The highest BCUT2D eigenvalue weighted by molar-refractivity contribution is 9.10. The fraction of sp³-hybridized carbons (Fsp3) is 0.200. The molecule has 0 saturated carbocycles. The fourth-order valence-electron chi connectivity index (χ4n) is 2.21. The predicted molar refractivity (Wildman–Crippen MR) is 76.1 cm³/mol. The summed E-state index contributed by atoms with van der Waals surface area (Å²) in [7, 11) is 1.71. The van der Waals surface area contributed by atoms with E-state index in [1.54, 1.807) is 20.0 Å². The summed E-state index contributed by atoms with van der Waals surface area (Å²) in [5.41, 5.74) is 2.10. The second-order valence-corrected chi connectivity index (χ2v) is 5.28. The number of hydrogen-bond acceptors (Lipinski definition) is 1. The standard InChI is InChI=1S/C15H13BrF3N/c1-8-7-9(17)3-4-10(8)15(20-2)11-5-6-12(18)14(19)13(11)16/h3-7,15,20H,1-2H3. The fourth-order valence-corrected chi connectivity index (χ4v) is 2.76. The van der Waals surface area contributed by atoms with Gasteiger partial charge in [-0.1, -0.05) is 12.1 Å². The van der Waals surface area contributed by atoms with Gasteiger partial charge < -0.3 is 5.32 Å². The molecule has 1 N–H and O–H groups in total. The number of benzene rings is 2. The number of aryl methyl sites for hydroxylation is 1. The van der Waals surface area contributed by atoms with Gasteiger partial charge in [0, 0.05) is 0 Å². The molecule has 1 atom stereocenters. The normalized spacial score (nSPS) is 12.5. The highest BCUT2D eigenvalue weighted by Gasteiger charge is 2.20. The van der Waals surface area contributed by atoms with Crippen molar-refractivity contribution in [2.45, 2.75) is 13.0 Å². The van der Waals surface area contributed by atoms with E-state index >= 15 is 0 Å². The molecule has 20 heavy (non-hydrogen) atoms. The van der Waals surface area contributed by atoms with E-state index in [0.29, 0.717) is 5.56 Å². The van der Waals surface area contributed by atoms with Crippen molar-refractivity contribution in [3.05, 3.63) is 68.9 Å². The van der Waals surface area contributed by atoms with Gasteiger partial charge in [-0.15, -0.1) is 0 Å². The zero-order chi connectivity index (χ0) is 14.9. The van der Waals surface area contributed by atoms with Gasteiger partial charge in [0.2, 0.25) is 0 Å². The average Bonchev–Trinajstić information content (AvgIpc) is 2.41. The molecule has 5 heteroatoms. The SMILES string of the molecule is CNC(c1ccc(F)cc1C)c1ccc(F)c(F)c1Br. The molecule has 2 aromatic carbocycles. The Hall–Kier alpha value is -1.33. The molecule has 0 amide bonds. The Labute approximate surface area is 123 Å². The molecular weight excluding hydrogens is 331 g/mol. The van der Waals surface area contributed by atoms with Gasteiger partial charge in [-0.05, 0) is 64.8 Å². The summed E-state index contributed by atoms with van der Waals surface area (Å²) in [6, 6.07) is 6.62. The minimum absolute atomic E-state index is 0.0700. The lowest BCUT2D eigenvalue weighted by Crippen LogP contribution is -2.19. The van der Waals surface area contributed by atoms with Crippen LogP contribution >= 0.6 is 15.9 Å². The van der Waals surface area contributed by atoms with Crippen LogP contribution in [0.2, 0.25) is 0 Å². The molecule has 0 aliphatic heterocycles. The highest BCUT2D eigenvalue weighted by Crippen LogP contribution is 2.32. The van der Waals surface area contributed by atoms with Gasteiger partial charge in [-0.3, -0.25) is 0 Å². The Kier molecular flexibility index (Phi) is 4.50. The Morgan fingerprint density at radius 2 is 1.70 bits per heavy atom. The number of halogens is 4. The summed E-state index contributed by atoms with van der Waals surface area (Å²) < 4.78 is 40.1. The molecule has 0 radical (unpaired) electrons. The average molecular weight is 344 g/mol. The van der Waals surface area contributed by atoms with Crippen LogP contribution in [0.5, 0.6) is 0 Å². The van der Waals surface area contributed by atoms with Crippen molar-refractivity contribution in [3.8, 4) is 0 Å². The maximum atomic E-state index is 13.7. The van der Waals surface area contributed by atoms with Gasteiger partial charge in [0.25, 0.3) is 0 Å². The number of hydrogen-bond donors (Lipinski definition) is 1. The molecule has 1 nitrogen and oxygen atoms in total. The molecule has 0 aromatic heterocycles. The lowest BCUT2D eigenvalue weighted by Gasteiger charge is -2.21. The minimum atomic E-state index is -0.928. The van der Waals surface area contributed by atoms with Crippen molar-refractivity contribution in [1.29, 1.82) is 0 Å². The topological polar surface area (TPSA) is 12.0 Å². The Bertz CT molecular complexity index is 643. The van der Waals surface area contributed by atoms with Crippen LogP contribution in [-0.2, 0) is 0 Å². The molecule has 2 rings (SSSR count). The first-order valence-corrected chi connectivity index (χ1v) is 6.81. The van der Waals surface area contributed by atoms with Gasteiger partial charge in [-0.2, -0.15) is 0 Å². The Balaban J connectivity index is 2.55. The molecule has 0 bridgehead atoms. The molecule has 2 aromatic rings. The smallest absolute Gasteiger partial charge is 0.173 e. The van der Waals surface area contributed by atoms with Crippen molar-refractivity contribution < 1.29 is 13.2 Å². The van der Waals surface area contributed by atoms with Gasteiger partial charge in [0.15, 0.2) is 11.6 Å². The van der Waals surface area contributed by atoms with E-state index in [-0.39, 0.29) is 16.3 Å². The highest BCUT2D eigenvalue weighted by atomic mass is 79.9. The molecule has 0 saturated heterocycles. The molecular formula is C15H13BrF3N. The van der Waals surface area contributed by atoms with Crippen molar-refractivity contribution in [2.75, 3.05) is 7.05 Å². The first-order valence-electron chi connectivity index (χ1n) is 6.02. The molecule has 1 unspecified atom stereocenters. The van der Waals surface area contributed by atoms with Crippen LogP contribution in [0, 0.1) is 24.4 Å². The van der Waals surface area contributed by atoms with E-state index in [2.05, 4.69) is 21.2 Å². The molecule has 106 valence electrons. The van der Waals surface area contributed by atoms with Crippen LogP contribution in [0.3, 0.4) is 0 Å². The third-order valence-corrected chi connectivity index (χ3v) is 4.01. The van der Waals surface area contributed by atoms with E-state index < -0.39 is 11.6 Å². The van der Waals surface area contributed by atoms with E-state index in [0.717, 1.165) is 17.2 Å². The van der Waals surface area contributed by atoms with Crippen molar-refractivity contribution >= 4 is 15.9 Å². The lowest BCUT2D eigenvalue weighted by atomic mass is 9.95. The zero-order valence-electron chi connectivity index (χ0n) is 11.0. The maximum Gasteiger partial charge on any atom is 0.173 e. The second kappa shape index (κ2) is 5.97. The summed E-state index contributed by atoms with van der Waals surface area (Å²) in [4.78, 5) is 0. The first kappa shape index (κ1) is 15.1. The summed E-state index contributed by atoms with van der Waals surface area (Å²) >= 11 is 3.08. The summed E-state index contributed by atoms with van der Waals surface area (Å²) in [6.45, 7) is 1.77. The van der Waals surface area contributed by atoms with Crippen LogP contribution in [0.15, 0.2) is 34.8 Å². The maximum absolute atomic E-state index is 13.7. The summed E-state index contributed by atoms with van der Waals surface area (Å²) in [5, 5.41) is 3.04. The Morgan fingerprint density at radius 1 is 1.05 bits per heavy atom. The third kappa shape index (κ3) is 2.74. The van der Waals surface area contributed by atoms with Gasteiger partial charge >= 0.3 is 0 Å². The van der Waals surface area contributed by atoms with E-state index in [1.807, 2.05) is 0 Å². The zero-order valence-corrected chi connectivity index (χ0v) is 12.6. The molecule has 0 spiro atoms. The van der Waals surface area contributed by atoms with Crippen molar-refractivity contribution in [3.63, 3.8) is 0 Å². The first-order chi connectivity index (χ1) is 9.45. The summed E-state index contributed by atoms with van der Waals surface area (Å²) in [5.74, 6) is -2.17. The van der Waals surface area contributed by atoms with Gasteiger partial charge in [0.05, 0.1) is 10.5 Å². The molecule has 0 aliphatic rings. The van der Waals surface area contributed by atoms with Crippen LogP contribution in [0.4, 0.5) is 13.2 Å². The Morgan fingerprint density at radius 3 is 2.30 bits per heavy atom. The van der Waals surface area contributed by atoms with E-state index in [1.165, 1.54) is 18.2 Å². The minimum Gasteiger partial charge on any atom is -0.309 e. The van der Waals surface area contributed by atoms with Crippen LogP contribution in [-0.4, -0.2) is 7.05 Å².